The van der Waals surface area contributed by atoms with Crippen LogP contribution < -0.4 is 14.9 Å². The second-order valence-corrected chi connectivity index (χ2v) is 11.7. The first-order valence-corrected chi connectivity index (χ1v) is 14.7. The zero-order valence-corrected chi connectivity index (χ0v) is 22.9. The van der Waals surface area contributed by atoms with E-state index in [9.17, 15) is 13.2 Å². The van der Waals surface area contributed by atoms with Crippen molar-refractivity contribution in [2.75, 3.05) is 42.1 Å². The minimum atomic E-state index is -3.40. The van der Waals surface area contributed by atoms with E-state index in [0.29, 0.717) is 54.9 Å². The van der Waals surface area contributed by atoms with E-state index in [0.717, 1.165) is 23.1 Å². The molecule has 0 spiro atoms. The van der Waals surface area contributed by atoms with Crippen molar-refractivity contribution in [2.45, 2.75) is 19.0 Å². The predicted octanol–water partition coefficient (Wildman–Crippen LogP) is 4.66. The largest absolute Gasteiger partial charge is 0.366 e. The van der Waals surface area contributed by atoms with Crippen LogP contribution in [-0.4, -0.2) is 57.7 Å². The molecule has 1 fully saturated rings. The van der Waals surface area contributed by atoms with E-state index < -0.39 is 16.1 Å². The first-order valence-electron chi connectivity index (χ1n) is 12.0. The molecule has 0 aromatic heterocycles. The highest BCUT2D eigenvalue weighted by atomic mass is 35.5. The first kappa shape index (κ1) is 27.3. The molecule has 1 aliphatic rings. The third kappa shape index (κ3) is 7.85. The molecule has 3 aromatic rings. The average molecular weight is 564 g/mol. The molecule has 0 bridgehead atoms. The number of anilines is 2. The number of para-hydroxylation sites is 2. The molecule has 198 valence electrons. The van der Waals surface area contributed by atoms with Gasteiger partial charge in [0, 0.05) is 44.2 Å². The number of sulfonamides is 1. The summed E-state index contributed by atoms with van der Waals surface area (Å²) in [6.07, 6.45) is 1.67. The van der Waals surface area contributed by atoms with Crippen LogP contribution in [0, 0.1) is 0 Å². The predicted molar refractivity (Wildman–Crippen MR) is 153 cm³/mol. The van der Waals surface area contributed by atoms with Gasteiger partial charge in [0.25, 0.3) is 0 Å². The van der Waals surface area contributed by atoms with Crippen LogP contribution in [0.3, 0.4) is 0 Å². The Hall–Kier alpha value is -2.78. The number of hydrogen-bond donors (Lipinski definition) is 2. The quantitative estimate of drug-likeness (QED) is 0.396. The molecule has 37 heavy (non-hydrogen) atoms. The lowest BCUT2D eigenvalue weighted by atomic mass is 10.0. The van der Waals surface area contributed by atoms with Crippen LogP contribution in [-0.2, 0) is 27.8 Å². The Labute approximate surface area is 229 Å². The number of carbonyl (C=O) groups excluding carboxylic acids is 1. The molecule has 1 amide bonds. The molecule has 2 N–H and O–H groups in total. The first-order chi connectivity index (χ1) is 17.7. The van der Waals surface area contributed by atoms with Crippen LogP contribution >= 0.6 is 23.2 Å². The van der Waals surface area contributed by atoms with Gasteiger partial charge in [-0.1, -0.05) is 59.6 Å². The van der Waals surface area contributed by atoms with Gasteiger partial charge in [-0.15, -0.1) is 0 Å². The Kier molecular flexibility index (Phi) is 8.97. The summed E-state index contributed by atoms with van der Waals surface area (Å²) < 4.78 is 26.2. The van der Waals surface area contributed by atoms with E-state index in [-0.39, 0.29) is 7.33 Å². The van der Waals surface area contributed by atoms with Crippen LogP contribution in [0.15, 0.2) is 72.8 Å². The summed E-state index contributed by atoms with van der Waals surface area (Å²) in [7, 11) is -3.40. The topological polar surface area (TPSA) is 81.8 Å². The maximum Gasteiger partial charge on any atom is 0.240 e. The maximum absolute atomic E-state index is 13.6. The molecule has 10 heteroatoms. The van der Waals surface area contributed by atoms with Gasteiger partial charge in [-0.05, 0) is 53.9 Å². The molecule has 3 aromatic carbocycles. The zero-order valence-electron chi connectivity index (χ0n) is 20.5. The van der Waals surface area contributed by atoms with Gasteiger partial charge in [0.05, 0.1) is 23.7 Å². The lowest BCUT2D eigenvalue weighted by Crippen LogP contribution is -2.54. The summed E-state index contributed by atoms with van der Waals surface area (Å²) >= 11 is 12.1. The van der Waals surface area contributed by atoms with Crippen LogP contribution in [0.1, 0.15) is 12.6 Å². The van der Waals surface area contributed by atoms with E-state index >= 15 is 0 Å². The summed E-state index contributed by atoms with van der Waals surface area (Å²) in [6.45, 7) is 2.79. The molecule has 0 unspecified atom stereocenters. The molecule has 0 radical (unpaired) electrons. The standard InChI is InChI=1S/C27H30Cl2N4O3S.H2/c1-37(35,36)31-24-4-2-3-5-26(24)32-14-16-33(17-15-32)27(34)25(18-20-6-10-22(28)11-7-20)30-19-21-8-12-23(29)13-9-21;/h2-13,25,30-31H,14-19H2,1H3;1H/t25-;/m1./s1. The summed E-state index contributed by atoms with van der Waals surface area (Å²) in [5, 5.41) is 4.76. The molecular formula is C27H32Cl2N4O3S. The fourth-order valence-electron chi connectivity index (χ4n) is 4.37. The molecule has 4 rings (SSSR count). The third-order valence-electron chi connectivity index (χ3n) is 6.25. The SMILES string of the molecule is CS(=O)(=O)Nc1ccccc1N1CCN(C(=O)[C@@H](Cc2ccc(Cl)cc2)NCc2ccc(Cl)cc2)CC1.[HH]. The number of nitrogens with one attached hydrogen (secondary N) is 2. The number of hydrogen-bond acceptors (Lipinski definition) is 5. The molecule has 0 aliphatic carbocycles. The molecule has 1 atom stereocenters. The van der Waals surface area contributed by atoms with Gasteiger partial charge in [-0.2, -0.15) is 0 Å². The molecule has 0 saturated carbocycles. The van der Waals surface area contributed by atoms with Crippen molar-refractivity contribution in [3.8, 4) is 0 Å². The number of piperazine rings is 1. The van der Waals surface area contributed by atoms with Crippen molar-refractivity contribution < 1.29 is 14.6 Å². The number of carbonyl (C=O) groups is 1. The summed E-state index contributed by atoms with van der Waals surface area (Å²) in [5.41, 5.74) is 3.40. The van der Waals surface area contributed by atoms with E-state index in [4.69, 9.17) is 23.2 Å². The van der Waals surface area contributed by atoms with Gasteiger partial charge >= 0.3 is 0 Å². The number of amides is 1. The van der Waals surface area contributed by atoms with Gasteiger partial charge in [-0.25, -0.2) is 8.42 Å². The van der Waals surface area contributed by atoms with Crippen LogP contribution in [0.5, 0.6) is 0 Å². The molecule has 7 nitrogen and oxygen atoms in total. The molecule has 1 heterocycles. The van der Waals surface area contributed by atoms with Crippen LogP contribution in [0.25, 0.3) is 0 Å². The highest BCUT2D eigenvalue weighted by Crippen LogP contribution is 2.27. The number of benzene rings is 3. The number of nitrogens with zero attached hydrogens (tertiary/aromatic N) is 2. The normalized spacial score (nSPS) is 14.9. The fourth-order valence-corrected chi connectivity index (χ4v) is 5.19. The van der Waals surface area contributed by atoms with Gasteiger partial charge < -0.3 is 15.1 Å². The zero-order chi connectivity index (χ0) is 26.4. The number of rotatable bonds is 9. The Morgan fingerprint density at radius 1 is 0.892 bits per heavy atom. The van der Waals surface area contributed by atoms with E-state index in [1.54, 1.807) is 12.1 Å². The molecule has 1 aliphatic heterocycles. The van der Waals surface area contributed by atoms with Gasteiger partial charge in [0.15, 0.2) is 0 Å². The average Bonchev–Trinajstić information content (AvgIpc) is 2.88. The Morgan fingerprint density at radius 2 is 1.46 bits per heavy atom. The van der Waals surface area contributed by atoms with E-state index in [2.05, 4.69) is 14.9 Å². The summed E-state index contributed by atoms with van der Waals surface area (Å²) in [6, 6.07) is 22.0. The van der Waals surface area contributed by atoms with Gasteiger partial charge in [-0.3, -0.25) is 9.52 Å². The fraction of sp³-hybridized carbons (Fsp3) is 0.296. The molecule has 1 saturated heterocycles. The summed E-state index contributed by atoms with van der Waals surface area (Å²) in [4.78, 5) is 17.6. The van der Waals surface area contributed by atoms with E-state index in [1.807, 2.05) is 65.6 Å². The lowest BCUT2D eigenvalue weighted by Gasteiger charge is -2.38. The summed E-state index contributed by atoms with van der Waals surface area (Å²) in [5.74, 6) is 0.0334. The van der Waals surface area contributed by atoms with Crippen LogP contribution in [0.2, 0.25) is 10.0 Å². The van der Waals surface area contributed by atoms with Crippen molar-refractivity contribution in [3.63, 3.8) is 0 Å². The highest BCUT2D eigenvalue weighted by molar-refractivity contribution is 7.92. The molecular weight excluding hydrogens is 531 g/mol. The van der Waals surface area contributed by atoms with Crippen molar-refractivity contribution in [3.05, 3.63) is 94.0 Å². The van der Waals surface area contributed by atoms with Crippen molar-refractivity contribution in [1.29, 1.82) is 0 Å². The van der Waals surface area contributed by atoms with Crippen LogP contribution in [0.4, 0.5) is 11.4 Å². The van der Waals surface area contributed by atoms with Crippen molar-refractivity contribution in [1.82, 2.24) is 10.2 Å². The van der Waals surface area contributed by atoms with Gasteiger partial charge in [0.2, 0.25) is 15.9 Å². The Bertz CT molecular complexity index is 1320. The maximum atomic E-state index is 13.6. The Morgan fingerprint density at radius 3 is 2.05 bits per heavy atom. The lowest BCUT2D eigenvalue weighted by molar-refractivity contribution is -0.133. The van der Waals surface area contributed by atoms with Gasteiger partial charge in [0.1, 0.15) is 0 Å². The second-order valence-electron chi connectivity index (χ2n) is 9.09. The Balaban J connectivity index is 0.00000400. The highest BCUT2D eigenvalue weighted by Gasteiger charge is 2.28. The van der Waals surface area contributed by atoms with E-state index in [1.165, 1.54) is 0 Å². The third-order valence-corrected chi connectivity index (χ3v) is 7.34. The minimum Gasteiger partial charge on any atom is -0.366 e. The van der Waals surface area contributed by atoms with Crippen molar-refractivity contribution >= 4 is 50.5 Å². The minimum absolute atomic E-state index is 0. The number of halogens is 2. The second kappa shape index (κ2) is 12.2. The smallest absolute Gasteiger partial charge is 0.240 e. The monoisotopic (exact) mass is 562 g/mol. The van der Waals surface area contributed by atoms with Crippen molar-refractivity contribution in [2.24, 2.45) is 0 Å².